The standard InChI is InChI=1S/C9H11NO3S/c11-10-7-2-1-3-9(4-7)14-13-6-8-5-12-8/h1-4,8,10-11H,5-6H2. The smallest absolute Gasteiger partial charge is 0.106 e. The number of anilines is 1. The summed E-state index contributed by atoms with van der Waals surface area (Å²) in [5.74, 6) is 0. The summed E-state index contributed by atoms with van der Waals surface area (Å²) in [6.07, 6.45) is 0.279. The lowest BCUT2D eigenvalue weighted by Crippen LogP contribution is -1.95. The highest BCUT2D eigenvalue weighted by molar-refractivity contribution is 7.94. The summed E-state index contributed by atoms with van der Waals surface area (Å²) in [7, 11) is 0. The average Bonchev–Trinajstić information content (AvgIpc) is 3.02. The van der Waals surface area contributed by atoms with Gasteiger partial charge in [-0.25, -0.2) is 0 Å². The van der Waals surface area contributed by atoms with E-state index >= 15 is 0 Å². The first-order chi connectivity index (χ1) is 6.88. The van der Waals surface area contributed by atoms with Gasteiger partial charge in [0.15, 0.2) is 0 Å². The molecule has 0 aliphatic carbocycles. The average molecular weight is 213 g/mol. The lowest BCUT2D eigenvalue weighted by Gasteiger charge is -2.02. The van der Waals surface area contributed by atoms with Gasteiger partial charge in [-0.1, -0.05) is 6.07 Å². The van der Waals surface area contributed by atoms with Crippen LogP contribution in [-0.2, 0) is 8.92 Å². The molecule has 2 N–H and O–H groups in total. The van der Waals surface area contributed by atoms with Crippen LogP contribution in [0.3, 0.4) is 0 Å². The Bertz CT molecular complexity index is 304. The molecular weight excluding hydrogens is 202 g/mol. The second kappa shape index (κ2) is 4.65. The molecule has 2 rings (SSSR count). The van der Waals surface area contributed by atoms with Crippen LogP contribution in [-0.4, -0.2) is 24.5 Å². The normalized spacial score (nSPS) is 19.4. The highest BCUT2D eigenvalue weighted by Crippen LogP contribution is 2.23. The van der Waals surface area contributed by atoms with E-state index in [1.54, 1.807) is 12.1 Å². The van der Waals surface area contributed by atoms with Crippen molar-refractivity contribution >= 4 is 17.7 Å². The fourth-order valence-corrected chi connectivity index (χ4v) is 1.62. The second-order valence-corrected chi connectivity index (χ2v) is 3.84. The van der Waals surface area contributed by atoms with Crippen LogP contribution >= 0.6 is 12.0 Å². The zero-order chi connectivity index (χ0) is 9.80. The summed E-state index contributed by atoms with van der Waals surface area (Å²) in [6.45, 7) is 1.42. The fraction of sp³-hybridized carbons (Fsp3) is 0.333. The Hall–Kier alpha value is -0.750. The molecule has 1 unspecified atom stereocenters. The van der Waals surface area contributed by atoms with Crippen molar-refractivity contribution in [3.8, 4) is 0 Å². The van der Waals surface area contributed by atoms with Crippen molar-refractivity contribution < 1.29 is 14.1 Å². The molecule has 76 valence electrons. The van der Waals surface area contributed by atoms with Gasteiger partial charge in [0, 0.05) is 16.9 Å². The van der Waals surface area contributed by atoms with Gasteiger partial charge < -0.3 is 8.92 Å². The molecule has 1 saturated heterocycles. The molecule has 4 nitrogen and oxygen atoms in total. The molecule has 0 radical (unpaired) electrons. The zero-order valence-electron chi connectivity index (χ0n) is 7.47. The molecule has 1 aliphatic heterocycles. The van der Waals surface area contributed by atoms with Crippen LogP contribution in [0.1, 0.15) is 0 Å². The summed E-state index contributed by atoms with van der Waals surface area (Å²) in [4.78, 5) is 0.949. The second-order valence-electron chi connectivity index (χ2n) is 2.96. The molecule has 1 aromatic carbocycles. The fourth-order valence-electron chi connectivity index (χ4n) is 0.960. The van der Waals surface area contributed by atoms with E-state index in [0.717, 1.165) is 11.5 Å². The third-order valence-corrected chi connectivity index (χ3v) is 2.47. The lowest BCUT2D eigenvalue weighted by molar-refractivity contribution is 0.295. The lowest BCUT2D eigenvalue weighted by atomic mass is 10.3. The molecule has 5 heteroatoms. The van der Waals surface area contributed by atoms with E-state index in [-0.39, 0.29) is 6.10 Å². The molecule has 0 amide bonds. The molecule has 1 heterocycles. The minimum atomic E-state index is 0.279. The number of hydrogen-bond acceptors (Lipinski definition) is 5. The Morgan fingerprint density at radius 1 is 1.64 bits per heavy atom. The summed E-state index contributed by atoms with van der Waals surface area (Å²) in [5, 5.41) is 8.67. The van der Waals surface area contributed by atoms with Gasteiger partial charge in [-0.05, 0) is 18.2 Å². The van der Waals surface area contributed by atoms with Crippen LogP contribution in [0.15, 0.2) is 29.2 Å². The van der Waals surface area contributed by atoms with E-state index in [4.69, 9.17) is 14.1 Å². The van der Waals surface area contributed by atoms with Crippen LogP contribution in [0.25, 0.3) is 0 Å². The topological polar surface area (TPSA) is 54.0 Å². The largest absolute Gasteiger partial charge is 0.371 e. The van der Waals surface area contributed by atoms with Gasteiger partial charge in [0.25, 0.3) is 0 Å². The van der Waals surface area contributed by atoms with E-state index < -0.39 is 0 Å². The molecule has 0 aromatic heterocycles. The highest BCUT2D eigenvalue weighted by atomic mass is 32.2. The number of benzene rings is 1. The van der Waals surface area contributed by atoms with Gasteiger partial charge in [0.2, 0.25) is 0 Å². The maximum Gasteiger partial charge on any atom is 0.106 e. The minimum absolute atomic E-state index is 0.279. The van der Waals surface area contributed by atoms with E-state index in [1.807, 2.05) is 12.1 Å². The predicted molar refractivity (Wildman–Crippen MR) is 53.4 cm³/mol. The van der Waals surface area contributed by atoms with E-state index in [2.05, 4.69) is 5.48 Å². The number of hydrogen-bond donors (Lipinski definition) is 2. The molecule has 0 saturated carbocycles. The Labute approximate surface area is 86.4 Å². The van der Waals surface area contributed by atoms with Gasteiger partial charge in [0.1, 0.15) is 6.10 Å². The Morgan fingerprint density at radius 2 is 2.50 bits per heavy atom. The van der Waals surface area contributed by atoms with E-state index in [1.165, 1.54) is 12.0 Å². The third kappa shape index (κ3) is 2.88. The molecule has 1 aromatic rings. The summed E-state index contributed by atoms with van der Waals surface area (Å²) in [5.41, 5.74) is 2.74. The van der Waals surface area contributed by atoms with Gasteiger partial charge in [0.05, 0.1) is 18.9 Å². The Morgan fingerprint density at radius 3 is 3.21 bits per heavy atom. The van der Waals surface area contributed by atoms with Gasteiger partial charge in [-0.15, -0.1) is 0 Å². The third-order valence-electron chi connectivity index (χ3n) is 1.77. The van der Waals surface area contributed by atoms with Crippen molar-refractivity contribution in [2.45, 2.75) is 11.0 Å². The van der Waals surface area contributed by atoms with Crippen molar-refractivity contribution in [2.75, 3.05) is 18.7 Å². The predicted octanol–water partition coefficient (Wildman–Crippen LogP) is 1.91. The van der Waals surface area contributed by atoms with Crippen LogP contribution in [0.2, 0.25) is 0 Å². The molecule has 0 spiro atoms. The van der Waals surface area contributed by atoms with Crippen molar-refractivity contribution in [3.63, 3.8) is 0 Å². The van der Waals surface area contributed by atoms with Crippen LogP contribution in [0.4, 0.5) is 5.69 Å². The van der Waals surface area contributed by atoms with Gasteiger partial charge >= 0.3 is 0 Å². The minimum Gasteiger partial charge on any atom is -0.371 e. The summed E-state index contributed by atoms with van der Waals surface area (Å²) >= 11 is 1.29. The number of epoxide rings is 1. The van der Waals surface area contributed by atoms with Gasteiger partial charge in [-0.3, -0.25) is 10.7 Å². The maximum absolute atomic E-state index is 8.67. The van der Waals surface area contributed by atoms with Gasteiger partial charge in [-0.2, -0.15) is 0 Å². The summed E-state index contributed by atoms with van der Waals surface area (Å²) in [6, 6.07) is 7.34. The maximum atomic E-state index is 8.67. The Balaban J connectivity index is 1.81. The Kier molecular flexibility index (Phi) is 3.26. The first-order valence-electron chi connectivity index (χ1n) is 4.30. The molecule has 0 bridgehead atoms. The molecule has 1 aliphatic rings. The molecule has 1 fully saturated rings. The van der Waals surface area contributed by atoms with Crippen LogP contribution in [0.5, 0.6) is 0 Å². The molecule has 1 atom stereocenters. The number of ether oxygens (including phenoxy) is 1. The van der Waals surface area contributed by atoms with E-state index in [0.29, 0.717) is 12.3 Å². The number of nitrogens with one attached hydrogen (secondary N) is 1. The quantitative estimate of drug-likeness (QED) is 0.444. The zero-order valence-corrected chi connectivity index (χ0v) is 8.29. The van der Waals surface area contributed by atoms with Crippen LogP contribution < -0.4 is 5.48 Å². The summed E-state index contributed by atoms with van der Waals surface area (Å²) < 4.78 is 10.3. The van der Waals surface area contributed by atoms with Crippen molar-refractivity contribution in [1.82, 2.24) is 0 Å². The van der Waals surface area contributed by atoms with Crippen molar-refractivity contribution in [2.24, 2.45) is 0 Å². The SMILES string of the molecule is ONc1cccc(SOCC2CO2)c1. The van der Waals surface area contributed by atoms with Crippen LogP contribution in [0, 0.1) is 0 Å². The first-order valence-corrected chi connectivity index (χ1v) is 5.04. The highest BCUT2D eigenvalue weighted by Gasteiger charge is 2.22. The molecule has 14 heavy (non-hydrogen) atoms. The van der Waals surface area contributed by atoms with Crippen molar-refractivity contribution in [3.05, 3.63) is 24.3 Å². The van der Waals surface area contributed by atoms with Crippen molar-refractivity contribution in [1.29, 1.82) is 0 Å². The monoisotopic (exact) mass is 213 g/mol. The first kappa shape index (κ1) is 9.79. The molecular formula is C9H11NO3S. The van der Waals surface area contributed by atoms with E-state index in [9.17, 15) is 0 Å². The number of rotatable bonds is 5.